The Morgan fingerprint density at radius 1 is 0.571 bits per heavy atom. The van der Waals surface area contributed by atoms with Crippen molar-refractivity contribution in [2.24, 2.45) is 0 Å². The van der Waals surface area contributed by atoms with E-state index in [-0.39, 0.29) is 51.2 Å². The molecule has 0 aliphatic rings. The largest absolute Gasteiger partial charge is 3.00 e. The molecule has 0 saturated heterocycles. The molecule has 0 radical (unpaired) electrons. The molecule has 0 aliphatic heterocycles. The Balaban J connectivity index is -0.000000000500. The minimum atomic E-state index is 0. The summed E-state index contributed by atoms with van der Waals surface area (Å²) in [6.45, 7) is 6.00. The molecular formula is C2H4Al2O3. The molecule has 0 bridgehead atoms. The third-order valence-corrected chi connectivity index (χ3v) is 0. The van der Waals surface area contributed by atoms with Crippen LogP contribution < -0.4 is 0 Å². The molecule has 0 rings (SSSR count). The summed E-state index contributed by atoms with van der Waals surface area (Å²) in [5, 5.41) is 0. The van der Waals surface area contributed by atoms with Gasteiger partial charge in [0.15, 0.2) is 0 Å². The fourth-order valence-corrected chi connectivity index (χ4v) is 0. The minimum absolute atomic E-state index is 0. The molecule has 0 aromatic heterocycles. The molecule has 36 valence electrons. The summed E-state index contributed by atoms with van der Waals surface area (Å²) in [6, 6.07) is 0. The van der Waals surface area contributed by atoms with Crippen molar-refractivity contribution in [2.75, 3.05) is 0 Å². The Morgan fingerprint density at radius 2 is 0.571 bits per heavy atom. The molecule has 0 aromatic carbocycles. The van der Waals surface area contributed by atoms with E-state index in [0.717, 1.165) is 0 Å². The van der Waals surface area contributed by atoms with Gasteiger partial charge in [0.05, 0.1) is 0 Å². The van der Waals surface area contributed by atoms with Crippen molar-refractivity contribution in [3.8, 4) is 0 Å². The molecule has 7 heavy (non-hydrogen) atoms. The van der Waals surface area contributed by atoms with Gasteiger partial charge >= 0.3 is 34.7 Å². The maximum atomic E-state index is 3.00. The SMILES string of the molecule is C=C.[Al+3].[Al+3].[O-2].[O-2].[O-2]. The first-order valence-corrected chi connectivity index (χ1v) is 0.500. The van der Waals surface area contributed by atoms with Crippen molar-refractivity contribution in [1.82, 2.24) is 0 Å². The van der Waals surface area contributed by atoms with Crippen molar-refractivity contribution < 1.29 is 16.4 Å². The van der Waals surface area contributed by atoms with E-state index in [1.54, 1.807) is 0 Å². The molecule has 0 aliphatic carbocycles. The van der Waals surface area contributed by atoms with Gasteiger partial charge in [-0.25, -0.2) is 0 Å². The zero-order chi connectivity index (χ0) is 2.00. The van der Waals surface area contributed by atoms with Crippen LogP contribution in [0, 0.1) is 0 Å². The number of hydrogen-bond donors (Lipinski definition) is 0. The van der Waals surface area contributed by atoms with Crippen LogP contribution in [0.15, 0.2) is 13.2 Å². The standard InChI is InChI=1S/C2H4.2Al.3O/c1-2;;;;;/h1-2H2;;;;;/q;2*+3;3*-2. The van der Waals surface area contributed by atoms with E-state index in [1.807, 2.05) is 0 Å². The van der Waals surface area contributed by atoms with Crippen molar-refractivity contribution in [3.63, 3.8) is 0 Å². The van der Waals surface area contributed by atoms with Crippen LogP contribution in [0.2, 0.25) is 0 Å². The Labute approximate surface area is 64.6 Å². The van der Waals surface area contributed by atoms with Gasteiger partial charge in [0.1, 0.15) is 0 Å². The maximum absolute atomic E-state index is 3.00. The van der Waals surface area contributed by atoms with Gasteiger partial charge in [-0.15, -0.1) is 13.2 Å². The van der Waals surface area contributed by atoms with Crippen LogP contribution in [0.25, 0.3) is 0 Å². The van der Waals surface area contributed by atoms with Gasteiger partial charge in [0.25, 0.3) is 0 Å². The normalized spacial score (nSPS) is 0.571. The van der Waals surface area contributed by atoms with Crippen LogP contribution in [0.3, 0.4) is 0 Å². The Kier molecular flexibility index (Phi) is 7960. The summed E-state index contributed by atoms with van der Waals surface area (Å²) in [5.74, 6) is 0. The third kappa shape index (κ3) is 313. The molecular weight excluding hydrogens is 126 g/mol. The van der Waals surface area contributed by atoms with Crippen molar-refractivity contribution in [3.05, 3.63) is 13.2 Å². The summed E-state index contributed by atoms with van der Waals surface area (Å²) in [4.78, 5) is 0. The summed E-state index contributed by atoms with van der Waals surface area (Å²) in [7, 11) is 0. The van der Waals surface area contributed by atoms with E-state index < -0.39 is 0 Å². The second-order valence-electron chi connectivity index (χ2n) is 0. The molecule has 0 N–H and O–H groups in total. The average molecular weight is 130 g/mol. The first-order chi connectivity index (χ1) is 1.00. The van der Waals surface area contributed by atoms with Crippen LogP contribution in [0.5, 0.6) is 0 Å². The van der Waals surface area contributed by atoms with E-state index in [0.29, 0.717) is 0 Å². The van der Waals surface area contributed by atoms with E-state index in [1.165, 1.54) is 0 Å². The first-order valence-electron chi connectivity index (χ1n) is 0.500. The van der Waals surface area contributed by atoms with Crippen molar-refractivity contribution >= 4 is 34.7 Å². The van der Waals surface area contributed by atoms with E-state index in [9.17, 15) is 0 Å². The third-order valence-electron chi connectivity index (χ3n) is 0. The Hall–Kier alpha value is 0.685. The summed E-state index contributed by atoms with van der Waals surface area (Å²) in [6.07, 6.45) is 0. The van der Waals surface area contributed by atoms with Crippen LogP contribution in [0.4, 0.5) is 0 Å². The second kappa shape index (κ2) is 461. The Bertz CT molecular complexity index is 10.9. The van der Waals surface area contributed by atoms with Gasteiger partial charge in [-0.1, -0.05) is 0 Å². The molecule has 0 heterocycles. The van der Waals surface area contributed by atoms with Gasteiger partial charge < -0.3 is 16.4 Å². The summed E-state index contributed by atoms with van der Waals surface area (Å²) in [5.41, 5.74) is 0. The predicted octanol–water partition coefficient (Wildman–Crippen LogP) is -0.316. The topological polar surface area (TPSA) is 85.5 Å². The van der Waals surface area contributed by atoms with Gasteiger partial charge in [-0.3, -0.25) is 0 Å². The molecule has 0 unspecified atom stereocenters. The van der Waals surface area contributed by atoms with Gasteiger partial charge in [-0.2, -0.15) is 0 Å². The van der Waals surface area contributed by atoms with Crippen molar-refractivity contribution in [2.45, 2.75) is 0 Å². The quantitative estimate of drug-likeness (QED) is 0.318. The zero-order valence-electron chi connectivity index (χ0n) is 3.79. The van der Waals surface area contributed by atoms with Crippen LogP contribution in [-0.4, -0.2) is 34.7 Å². The molecule has 5 heteroatoms. The monoisotopic (exact) mass is 130 g/mol. The van der Waals surface area contributed by atoms with E-state index in [4.69, 9.17) is 0 Å². The Morgan fingerprint density at radius 3 is 0.571 bits per heavy atom. The average Bonchev–Trinajstić information content (AvgIpc) is 1.00. The number of hydrogen-bond acceptors (Lipinski definition) is 0. The summed E-state index contributed by atoms with van der Waals surface area (Å²) < 4.78 is 0. The van der Waals surface area contributed by atoms with Gasteiger partial charge in [0.2, 0.25) is 0 Å². The molecule has 0 aromatic rings. The molecule has 0 atom stereocenters. The predicted molar refractivity (Wildman–Crippen MR) is 24.8 cm³/mol. The molecule has 0 amide bonds. The first kappa shape index (κ1) is 121. The fraction of sp³-hybridized carbons (Fsp3) is 0. The molecule has 0 spiro atoms. The van der Waals surface area contributed by atoms with E-state index in [2.05, 4.69) is 13.2 Å². The minimum Gasteiger partial charge on any atom is -2.00 e. The van der Waals surface area contributed by atoms with Gasteiger partial charge in [0, 0.05) is 0 Å². The maximum Gasteiger partial charge on any atom is 3.00 e. The van der Waals surface area contributed by atoms with Crippen LogP contribution >= 0.6 is 0 Å². The molecule has 0 fully saturated rings. The smallest absolute Gasteiger partial charge is 2.00 e. The van der Waals surface area contributed by atoms with Gasteiger partial charge in [-0.05, 0) is 0 Å². The second-order valence-corrected chi connectivity index (χ2v) is 0. The fourth-order valence-electron chi connectivity index (χ4n) is 0. The summed E-state index contributed by atoms with van der Waals surface area (Å²) >= 11 is 0. The van der Waals surface area contributed by atoms with Crippen LogP contribution in [0.1, 0.15) is 0 Å². The van der Waals surface area contributed by atoms with E-state index >= 15 is 0 Å². The molecule has 3 nitrogen and oxygen atoms in total. The molecule has 0 saturated carbocycles. The van der Waals surface area contributed by atoms with Crippen LogP contribution in [-0.2, 0) is 16.4 Å². The van der Waals surface area contributed by atoms with Crippen molar-refractivity contribution in [1.29, 1.82) is 0 Å². The number of rotatable bonds is 0. The zero-order valence-corrected chi connectivity index (χ0v) is 6.10.